The van der Waals surface area contributed by atoms with Crippen LogP contribution in [0.1, 0.15) is 23.6 Å². The predicted octanol–water partition coefficient (Wildman–Crippen LogP) is 5.73. The van der Waals surface area contributed by atoms with Crippen LogP contribution < -0.4 is 9.62 Å². The maximum atomic E-state index is 14.3. The molecule has 7 nitrogen and oxygen atoms in total. The molecule has 0 fully saturated rings. The molecule has 0 bridgehead atoms. The number of nitrogens with one attached hydrogen (secondary N) is 1. The lowest BCUT2D eigenvalue weighted by Gasteiger charge is -2.33. The van der Waals surface area contributed by atoms with E-state index in [1.807, 2.05) is 68.4 Å². The van der Waals surface area contributed by atoms with Crippen molar-refractivity contribution in [3.8, 4) is 0 Å². The number of anilines is 1. The number of sulfonamides is 1. The number of hydrogen-bond donors (Lipinski definition) is 1. The first-order valence-corrected chi connectivity index (χ1v) is 15.9. The van der Waals surface area contributed by atoms with Gasteiger partial charge < -0.3 is 10.2 Å². The van der Waals surface area contributed by atoms with E-state index in [-0.39, 0.29) is 23.8 Å². The first kappa shape index (κ1) is 31.0. The molecule has 1 unspecified atom stereocenters. The minimum atomic E-state index is -4.11. The van der Waals surface area contributed by atoms with Crippen molar-refractivity contribution >= 4 is 43.5 Å². The Bertz CT molecular complexity index is 1580. The Morgan fingerprint density at radius 2 is 1.40 bits per heavy atom. The lowest BCUT2D eigenvalue weighted by atomic mass is 10.0. The van der Waals surface area contributed by atoms with Gasteiger partial charge in [0.05, 0.1) is 10.6 Å². The lowest BCUT2D eigenvalue weighted by Crippen LogP contribution is -2.53. The second-order valence-corrected chi connectivity index (χ2v) is 12.7. The van der Waals surface area contributed by atoms with Gasteiger partial charge in [-0.25, -0.2) is 8.42 Å². The molecule has 1 N–H and O–H groups in total. The fraction of sp³-hybridized carbons (Fsp3) is 0.212. The van der Waals surface area contributed by atoms with Gasteiger partial charge in [0.1, 0.15) is 12.6 Å². The minimum absolute atomic E-state index is 0.0776. The summed E-state index contributed by atoms with van der Waals surface area (Å²) in [7, 11) is -4.11. The zero-order chi connectivity index (χ0) is 30.1. The van der Waals surface area contributed by atoms with Gasteiger partial charge >= 0.3 is 0 Å². The van der Waals surface area contributed by atoms with Crippen LogP contribution >= 0.6 is 15.9 Å². The van der Waals surface area contributed by atoms with E-state index >= 15 is 0 Å². The van der Waals surface area contributed by atoms with Crippen molar-refractivity contribution in [1.29, 1.82) is 0 Å². The Kier molecular flexibility index (Phi) is 10.5. The van der Waals surface area contributed by atoms with Crippen LogP contribution in [0.4, 0.5) is 5.69 Å². The highest BCUT2D eigenvalue weighted by atomic mass is 79.9. The van der Waals surface area contributed by atoms with E-state index in [2.05, 4.69) is 21.2 Å². The van der Waals surface area contributed by atoms with Crippen LogP contribution in [0.3, 0.4) is 0 Å². The fourth-order valence-electron chi connectivity index (χ4n) is 4.59. The molecular formula is C33H34BrN3O4S. The van der Waals surface area contributed by atoms with Crippen molar-refractivity contribution in [2.45, 2.75) is 37.8 Å². The largest absolute Gasteiger partial charge is 0.355 e. The topological polar surface area (TPSA) is 86.8 Å². The quantitative estimate of drug-likeness (QED) is 0.213. The number of rotatable bonds is 12. The van der Waals surface area contributed by atoms with Gasteiger partial charge in [0, 0.05) is 24.0 Å². The highest BCUT2D eigenvalue weighted by Crippen LogP contribution is 2.25. The average Bonchev–Trinajstić information content (AvgIpc) is 2.99. The first-order valence-electron chi connectivity index (χ1n) is 13.7. The Hall–Kier alpha value is -3.95. The van der Waals surface area contributed by atoms with Crippen molar-refractivity contribution in [3.63, 3.8) is 0 Å². The smallest absolute Gasteiger partial charge is 0.264 e. The molecule has 0 spiro atoms. The summed E-state index contributed by atoms with van der Waals surface area (Å²) in [6, 6.07) is 31.2. The van der Waals surface area contributed by atoms with Gasteiger partial charge in [0.25, 0.3) is 10.0 Å². The Morgan fingerprint density at radius 1 is 0.810 bits per heavy atom. The molecule has 0 radical (unpaired) electrons. The number of aryl methyl sites for hydroxylation is 1. The molecule has 1 atom stereocenters. The molecule has 0 saturated heterocycles. The molecule has 4 rings (SSSR count). The lowest BCUT2D eigenvalue weighted by molar-refractivity contribution is -0.140. The van der Waals surface area contributed by atoms with E-state index in [1.54, 1.807) is 42.5 Å². The summed E-state index contributed by atoms with van der Waals surface area (Å²) in [5.41, 5.74) is 2.96. The van der Waals surface area contributed by atoms with Gasteiger partial charge in [0.2, 0.25) is 11.8 Å². The molecule has 4 aromatic carbocycles. The molecular weight excluding hydrogens is 614 g/mol. The molecule has 9 heteroatoms. The number of nitrogens with zero attached hydrogens (tertiary/aromatic N) is 2. The summed E-state index contributed by atoms with van der Waals surface area (Å²) in [5.74, 6) is -0.802. The van der Waals surface area contributed by atoms with Crippen LogP contribution in [-0.4, -0.2) is 44.3 Å². The predicted molar refractivity (Wildman–Crippen MR) is 169 cm³/mol. The van der Waals surface area contributed by atoms with Gasteiger partial charge in [-0.3, -0.25) is 13.9 Å². The van der Waals surface area contributed by atoms with Gasteiger partial charge in [-0.05, 0) is 61.4 Å². The van der Waals surface area contributed by atoms with Crippen LogP contribution in [0.25, 0.3) is 0 Å². The Balaban J connectivity index is 1.77. The molecule has 4 aromatic rings. The van der Waals surface area contributed by atoms with E-state index in [0.717, 1.165) is 25.5 Å². The minimum Gasteiger partial charge on any atom is -0.355 e. The summed E-state index contributed by atoms with van der Waals surface area (Å²) in [4.78, 5) is 29.4. The molecule has 2 amide bonds. The van der Waals surface area contributed by atoms with Gasteiger partial charge in [-0.2, -0.15) is 0 Å². The molecule has 42 heavy (non-hydrogen) atoms. The molecule has 0 aliphatic carbocycles. The molecule has 0 aliphatic rings. The van der Waals surface area contributed by atoms with Crippen LogP contribution in [0.5, 0.6) is 0 Å². The third-order valence-corrected chi connectivity index (χ3v) is 9.14. The van der Waals surface area contributed by atoms with Crippen molar-refractivity contribution in [1.82, 2.24) is 10.2 Å². The van der Waals surface area contributed by atoms with Crippen molar-refractivity contribution in [2.24, 2.45) is 0 Å². The van der Waals surface area contributed by atoms with Crippen molar-refractivity contribution in [2.75, 3.05) is 17.4 Å². The second-order valence-electron chi connectivity index (χ2n) is 9.91. The van der Waals surface area contributed by atoms with Crippen LogP contribution in [0.15, 0.2) is 119 Å². The molecule has 218 valence electrons. The number of benzene rings is 4. The number of para-hydroxylation sites is 1. The molecule has 0 aliphatic heterocycles. The number of likely N-dealkylation sites (N-methyl/N-ethyl adjacent to an activating group) is 1. The maximum Gasteiger partial charge on any atom is 0.264 e. The van der Waals surface area contributed by atoms with Gasteiger partial charge in [-0.1, -0.05) is 94.3 Å². The van der Waals surface area contributed by atoms with E-state index in [0.29, 0.717) is 12.2 Å². The van der Waals surface area contributed by atoms with E-state index in [1.165, 1.54) is 17.0 Å². The van der Waals surface area contributed by atoms with Gasteiger partial charge in [0.15, 0.2) is 0 Å². The number of amides is 2. The number of halogens is 1. The first-order chi connectivity index (χ1) is 20.2. The number of carbonyl (C=O) groups is 2. The van der Waals surface area contributed by atoms with Crippen LogP contribution in [-0.2, 0) is 32.6 Å². The zero-order valence-electron chi connectivity index (χ0n) is 23.6. The summed E-state index contributed by atoms with van der Waals surface area (Å²) < 4.78 is 29.9. The third kappa shape index (κ3) is 7.86. The molecule has 0 heterocycles. The monoisotopic (exact) mass is 647 g/mol. The summed E-state index contributed by atoms with van der Waals surface area (Å²) in [6.07, 6.45) is 0.269. The maximum absolute atomic E-state index is 14.3. The van der Waals surface area contributed by atoms with Crippen molar-refractivity contribution < 1.29 is 18.0 Å². The van der Waals surface area contributed by atoms with Crippen LogP contribution in [0, 0.1) is 6.92 Å². The van der Waals surface area contributed by atoms with Crippen molar-refractivity contribution in [3.05, 3.63) is 130 Å². The number of carbonyl (C=O) groups excluding carboxylic acids is 2. The number of hydrogen-bond acceptors (Lipinski definition) is 4. The summed E-state index contributed by atoms with van der Waals surface area (Å²) in [6.45, 7) is 3.73. The SMILES string of the molecule is CCNC(=O)C(Cc1ccccc1)N(Cc1ccc(Br)cc1)C(=O)CN(c1ccccc1)S(=O)(=O)c1ccc(C)cc1. The van der Waals surface area contributed by atoms with E-state index in [4.69, 9.17) is 0 Å². The average molecular weight is 649 g/mol. The highest BCUT2D eigenvalue weighted by molar-refractivity contribution is 9.10. The molecule has 0 saturated carbocycles. The fourth-order valence-corrected chi connectivity index (χ4v) is 6.27. The summed E-state index contributed by atoms with van der Waals surface area (Å²) in [5, 5.41) is 2.87. The zero-order valence-corrected chi connectivity index (χ0v) is 26.0. The molecule has 0 aromatic heterocycles. The van der Waals surface area contributed by atoms with E-state index < -0.39 is 28.5 Å². The summed E-state index contributed by atoms with van der Waals surface area (Å²) >= 11 is 3.45. The van der Waals surface area contributed by atoms with Gasteiger partial charge in [-0.15, -0.1) is 0 Å². The second kappa shape index (κ2) is 14.3. The Labute approximate surface area is 256 Å². The van der Waals surface area contributed by atoms with E-state index in [9.17, 15) is 18.0 Å². The normalized spacial score (nSPS) is 11.9. The standard InChI is InChI=1S/C33H34BrN3O4S/c1-3-35-33(39)31(22-26-10-6-4-7-11-26)36(23-27-16-18-28(34)19-17-27)32(38)24-37(29-12-8-5-9-13-29)42(40,41)30-20-14-25(2)15-21-30/h4-21,31H,3,22-24H2,1-2H3,(H,35,39). The van der Waals surface area contributed by atoms with Crippen LogP contribution in [0.2, 0.25) is 0 Å². The third-order valence-electron chi connectivity index (χ3n) is 6.82. The Morgan fingerprint density at radius 3 is 2.00 bits per heavy atom. The highest BCUT2D eigenvalue weighted by Gasteiger charge is 2.34.